The van der Waals surface area contributed by atoms with Gasteiger partial charge in [0.25, 0.3) is 5.91 Å². The molecule has 1 heterocycles. The fourth-order valence-corrected chi connectivity index (χ4v) is 2.47. The molecular weight excluding hydrogens is 321 g/mol. The van der Waals surface area contributed by atoms with Gasteiger partial charge in [0.2, 0.25) is 5.82 Å². The fourth-order valence-electron chi connectivity index (χ4n) is 2.47. The van der Waals surface area contributed by atoms with E-state index in [2.05, 4.69) is 20.7 Å². The van der Waals surface area contributed by atoms with Crippen LogP contribution in [0.1, 0.15) is 19.9 Å². The molecule has 128 valence electrons. The van der Waals surface area contributed by atoms with Gasteiger partial charge in [0.15, 0.2) is 6.04 Å². The summed E-state index contributed by atoms with van der Waals surface area (Å²) in [5.74, 6) is -0.235. The van der Waals surface area contributed by atoms with E-state index >= 15 is 0 Å². The van der Waals surface area contributed by atoms with Gasteiger partial charge >= 0.3 is 0 Å². The molecule has 0 radical (unpaired) electrons. The van der Waals surface area contributed by atoms with E-state index in [1.54, 1.807) is 0 Å². The van der Waals surface area contributed by atoms with Crippen molar-refractivity contribution in [3.8, 4) is 11.4 Å². The average Bonchev–Trinajstić information content (AvgIpc) is 3.07. The van der Waals surface area contributed by atoms with Gasteiger partial charge in [0.05, 0.1) is 0 Å². The van der Waals surface area contributed by atoms with Crippen LogP contribution in [0.2, 0.25) is 0 Å². The Hall–Kier alpha value is -3.09. The van der Waals surface area contributed by atoms with Crippen LogP contribution >= 0.6 is 0 Å². The lowest BCUT2D eigenvalue weighted by molar-refractivity contribution is -0.121. The van der Waals surface area contributed by atoms with Crippen molar-refractivity contribution < 1.29 is 9.18 Å². The molecule has 1 amide bonds. The van der Waals surface area contributed by atoms with E-state index in [4.69, 9.17) is 0 Å². The van der Waals surface area contributed by atoms with Crippen molar-refractivity contribution in [2.24, 2.45) is 5.92 Å². The lowest BCUT2D eigenvalue weighted by atomic mass is 10.0. The lowest BCUT2D eigenvalue weighted by Crippen LogP contribution is -2.31. The highest BCUT2D eigenvalue weighted by molar-refractivity contribution is 5.93. The molecule has 0 aliphatic carbocycles. The SMILES string of the molecule is CC(C)C(C(=O)Nc1ccc(F)cc1)n1nnc(-c2ccccc2)n1. The first-order chi connectivity index (χ1) is 12.0. The minimum absolute atomic E-state index is 0.0572. The molecule has 0 saturated heterocycles. The molecule has 6 nitrogen and oxygen atoms in total. The highest BCUT2D eigenvalue weighted by Crippen LogP contribution is 2.20. The first-order valence-corrected chi connectivity index (χ1v) is 7.96. The summed E-state index contributed by atoms with van der Waals surface area (Å²) in [4.78, 5) is 14.0. The quantitative estimate of drug-likeness (QED) is 0.774. The van der Waals surface area contributed by atoms with Crippen molar-refractivity contribution in [3.05, 3.63) is 60.4 Å². The smallest absolute Gasteiger partial charge is 0.251 e. The number of hydrogen-bond acceptors (Lipinski definition) is 4. The molecule has 0 aliphatic rings. The molecule has 3 aromatic rings. The number of rotatable bonds is 5. The number of amides is 1. The third kappa shape index (κ3) is 3.88. The second kappa shape index (κ2) is 7.21. The van der Waals surface area contributed by atoms with Gasteiger partial charge in [0.1, 0.15) is 5.82 Å². The molecule has 1 N–H and O–H groups in total. The van der Waals surface area contributed by atoms with Gasteiger partial charge in [-0.05, 0) is 35.4 Å². The van der Waals surface area contributed by atoms with E-state index in [9.17, 15) is 9.18 Å². The Morgan fingerprint density at radius 2 is 1.76 bits per heavy atom. The maximum atomic E-state index is 13.0. The molecule has 2 aromatic carbocycles. The van der Waals surface area contributed by atoms with E-state index in [1.807, 2.05) is 44.2 Å². The number of hydrogen-bond donors (Lipinski definition) is 1. The van der Waals surface area contributed by atoms with Crippen LogP contribution in [0.5, 0.6) is 0 Å². The molecule has 0 bridgehead atoms. The van der Waals surface area contributed by atoms with E-state index in [1.165, 1.54) is 29.1 Å². The lowest BCUT2D eigenvalue weighted by Gasteiger charge is -2.18. The Morgan fingerprint density at radius 1 is 1.08 bits per heavy atom. The first-order valence-electron chi connectivity index (χ1n) is 7.96. The zero-order valence-electron chi connectivity index (χ0n) is 13.9. The highest BCUT2D eigenvalue weighted by atomic mass is 19.1. The molecule has 0 fully saturated rings. The number of nitrogens with one attached hydrogen (secondary N) is 1. The number of aromatic nitrogens is 4. The van der Waals surface area contributed by atoms with Gasteiger partial charge in [-0.1, -0.05) is 44.2 Å². The van der Waals surface area contributed by atoms with Gasteiger partial charge < -0.3 is 5.32 Å². The van der Waals surface area contributed by atoms with E-state index in [0.717, 1.165) is 5.56 Å². The summed E-state index contributed by atoms with van der Waals surface area (Å²) in [7, 11) is 0. The van der Waals surface area contributed by atoms with Gasteiger partial charge in [-0.15, -0.1) is 10.2 Å². The van der Waals surface area contributed by atoms with Crippen molar-refractivity contribution in [2.75, 3.05) is 5.32 Å². The van der Waals surface area contributed by atoms with Crippen LogP contribution in [0.4, 0.5) is 10.1 Å². The van der Waals surface area contributed by atoms with Gasteiger partial charge in [-0.3, -0.25) is 4.79 Å². The maximum absolute atomic E-state index is 13.0. The number of nitrogens with zero attached hydrogens (tertiary/aromatic N) is 4. The predicted molar refractivity (Wildman–Crippen MR) is 92.2 cm³/mol. The number of benzene rings is 2. The second-order valence-corrected chi connectivity index (χ2v) is 5.98. The van der Waals surface area contributed by atoms with Gasteiger partial charge in [-0.2, -0.15) is 4.80 Å². The third-order valence-corrected chi connectivity index (χ3v) is 3.72. The number of anilines is 1. The zero-order valence-corrected chi connectivity index (χ0v) is 13.9. The summed E-state index contributed by atoms with van der Waals surface area (Å²) in [6, 6.07) is 14.4. The molecule has 25 heavy (non-hydrogen) atoms. The standard InChI is InChI=1S/C18H18FN5O/c1-12(2)16(18(25)20-15-10-8-14(19)9-11-15)24-22-17(21-23-24)13-6-4-3-5-7-13/h3-12,16H,1-2H3,(H,20,25). The van der Waals surface area contributed by atoms with Crippen LogP contribution in [0.3, 0.4) is 0 Å². The van der Waals surface area contributed by atoms with E-state index in [-0.39, 0.29) is 17.6 Å². The molecule has 0 aliphatic heterocycles. The van der Waals surface area contributed by atoms with Gasteiger partial charge in [-0.25, -0.2) is 4.39 Å². The van der Waals surface area contributed by atoms with Crippen LogP contribution in [0, 0.1) is 11.7 Å². The van der Waals surface area contributed by atoms with Crippen LogP contribution < -0.4 is 5.32 Å². The summed E-state index contributed by atoms with van der Waals surface area (Å²) in [5.41, 5.74) is 1.34. The number of carbonyl (C=O) groups is 1. The Balaban J connectivity index is 1.82. The molecule has 1 unspecified atom stereocenters. The topological polar surface area (TPSA) is 72.7 Å². The summed E-state index contributed by atoms with van der Waals surface area (Å²) in [6.07, 6.45) is 0. The molecule has 1 atom stereocenters. The van der Waals surface area contributed by atoms with Crippen LogP contribution in [0.15, 0.2) is 54.6 Å². The van der Waals surface area contributed by atoms with Crippen molar-refractivity contribution in [1.82, 2.24) is 20.2 Å². The Morgan fingerprint density at radius 3 is 2.40 bits per heavy atom. The molecule has 7 heteroatoms. The normalized spacial score (nSPS) is 12.2. The number of tetrazole rings is 1. The Labute approximate surface area is 144 Å². The zero-order chi connectivity index (χ0) is 17.8. The predicted octanol–water partition coefficient (Wildman–Crippen LogP) is 3.32. The largest absolute Gasteiger partial charge is 0.324 e. The summed E-state index contributed by atoms with van der Waals surface area (Å²) >= 11 is 0. The summed E-state index contributed by atoms with van der Waals surface area (Å²) in [6.45, 7) is 3.81. The summed E-state index contributed by atoms with van der Waals surface area (Å²) in [5, 5.41) is 15.2. The van der Waals surface area contributed by atoms with Crippen LogP contribution in [-0.4, -0.2) is 26.1 Å². The Bertz CT molecular complexity index is 845. The van der Waals surface area contributed by atoms with Crippen LogP contribution in [0.25, 0.3) is 11.4 Å². The van der Waals surface area contributed by atoms with Crippen LogP contribution in [-0.2, 0) is 4.79 Å². The molecule has 0 saturated carbocycles. The van der Waals surface area contributed by atoms with Crippen molar-refractivity contribution in [1.29, 1.82) is 0 Å². The number of halogens is 1. The monoisotopic (exact) mass is 339 g/mol. The minimum Gasteiger partial charge on any atom is -0.324 e. The van der Waals surface area contributed by atoms with Crippen molar-refractivity contribution in [3.63, 3.8) is 0 Å². The highest BCUT2D eigenvalue weighted by Gasteiger charge is 2.27. The second-order valence-electron chi connectivity index (χ2n) is 5.98. The van der Waals surface area contributed by atoms with Crippen molar-refractivity contribution in [2.45, 2.75) is 19.9 Å². The fraction of sp³-hybridized carbons (Fsp3) is 0.222. The third-order valence-electron chi connectivity index (χ3n) is 3.72. The Kier molecular flexibility index (Phi) is 4.83. The maximum Gasteiger partial charge on any atom is 0.251 e. The molecule has 3 rings (SSSR count). The van der Waals surface area contributed by atoms with E-state index < -0.39 is 6.04 Å². The minimum atomic E-state index is -0.630. The number of carbonyl (C=O) groups excluding carboxylic acids is 1. The molecule has 1 aromatic heterocycles. The van der Waals surface area contributed by atoms with Gasteiger partial charge in [0, 0.05) is 11.3 Å². The van der Waals surface area contributed by atoms with Crippen molar-refractivity contribution >= 4 is 11.6 Å². The van der Waals surface area contributed by atoms with E-state index in [0.29, 0.717) is 11.5 Å². The molecular formula is C18H18FN5O. The average molecular weight is 339 g/mol. The molecule has 0 spiro atoms. The first kappa shape index (κ1) is 16.8. The summed E-state index contributed by atoms with van der Waals surface area (Å²) < 4.78 is 13.0.